The number of rotatable bonds is 2. The molecule has 31 heavy (non-hydrogen) atoms. The Morgan fingerprint density at radius 1 is 1.06 bits per heavy atom. The van der Waals surface area contributed by atoms with Crippen LogP contribution in [0.1, 0.15) is 12.8 Å². The highest BCUT2D eigenvalue weighted by Gasteiger charge is 2.30. The summed E-state index contributed by atoms with van der Waals surface area (Å²) in [4.78, 5) is 10.4. The molecule has 2 saturated heterocycles. The van der Waals surface area contributed by atoms with Gasteiger partial charge in [-0.05, 0) is 37.6 Å². The van der Waals surface area contributed by atoms with Crippen LogP contribution in [0.25, 0.3) is 22.4 Å². The van der Waals surface area contributed by atoms with E-state index in [1.165, 1.54) is 0 Å². The first-order chi connectivity index (χ1) is 15.1. The molecule has 0 aromatic carbocycles. The Balaban J connectivity index is 0.000000157. The topological polar surface area (TPSA) is 125 Å². The molecule has 0 bridgehead atoms. The summed E-state index contributed by atoms with van der Waals surface area (Å²) in [6.45, 7) is 3.32. The molecule has 0 aliphatic carbocycles. The van der Waals surface area contributed by atoms with Gasteiger partial charge in [-0.1, -0.05) is 0 Å². The number of imidazole rings is 1. The molecular weight excluding hydrogens is 401 g/mol. The molecule has 4 aromatic rings. The number of anilines is 2. The van der Waals surface area contributed by atoms with Crippen molar-refractivity contribution in [3.63, 3.8) is 0 Å². The van der Waals surface area contributed by atoms with Gasteiger partial charge in [-0.3, -0.25) is 4.90 Å². The summed E-state index contributed by atoms with van der Waals surface area (Å²) in [5.74, 6) is 0.459. The van der Waals surface area contributed by atoms with Crippen molar-refractivity contribution in [1.29, 1.82) is 0 Å². The third kappa shape index (κ3) is 3.89. The molecule has 2 aliphatic heterocycles. The number of nitrogen functional groups attached to an aromatic ring is 2. The lowest BCUT2D eigenvalue weighted by Crippen LogP contribution is -2.52. The van der Waals surface area contributed by atoms with E-state index in [1.807, 2.05) is 18.2 Å². The van der Waals surface area contributed by atoms with Gasteiger partial charge in [0.2, 0.25) is 5.95 Å². The molecule has 11 heteroatoms. The summed E-state index contributed by atoms with van der Waals surface area (Å²) in [6.07, 6.45) is 6.43. The smallest absolute Gasteiger partial charge is 0.240 e. The molecule has 4 N–H and O–H groups in total. The monoisotopic (exact) mass is 425 g/mol. The minimum Gasteiger partial charge on any atom is -0.382 e. The predicted molar refractivity (Wildman–Crippen MR) is 114 cm³/mol. The summed E-state index contributed by atoms with van der Waals surface area (Å²) >= 11 is 0. The van der Waals surface area contributed by atoms with E-state index >= 15 is 0 Å². The van der Waals surface area contributed by atoms with Gasteiger partial charge in [-0.2, -0.15) is 10.1 Å². The maximum Gasteiger partial charge on any atom is 0.240 e. The first kappa shape index (κ1) is 19.6. The number of piperidine rings is 1. The quantitative estimate of drug-likeness (QED) is 0.494. The van der Waals surface area contributed by atoms with E-state index in [1.54, 1.807) is 27.6 Å². The molecular formula is C20H24FN9O. The molecule has 2 aliphatic rings. The zero-order chi connectivity index (χ0) is 21.4. The number of aromatic nitrogens is 6. The van der Waals surface area contributed by atoms with Crippen molar-refractivity contribution in [2.45, 2.75) is 25.1 Å². The first-order valence-corrected chi connectivity index (χ1v) is 10.3. The van der Waals surface area contributed by atoms with E-state index in [0.717, 1.165) is 49.5 Å². The lowest BCUT2D eigenvalue weighted by atomic mass is 10.1. The average Bonchev–Trinajstić information content (AvgIpc) is 3.33. The zero-order valence-electron chi connectivity index (χ0n) is 16.9. The van der Waals surface area contributed by atoms with Crippen LogP contribution >= 0.6 is 0 Å². The third-order valence-electron chi connectivity index (χ3n) is 5.62. The van der Waals surface area contributed by atoms with Gasteiger partial charge in [0.05, 0.1) is 24.9 Å². The Morgan fingerprint density at radius 2 is 1.94 bits per heavy atom. The largest absolute Gasteiger partial charge is 0.382 e. The van der Waals surface area contributed by atoms with Crippen molar-refractivity contribution in [3.05, 3.63) is 36.8 Å². The van der Waals surface area contributed by atoms with Crippen molar-refractivity contribution >= 4 is 22.9 Å². The van der Waals surface area contributed by atoms with Crippen molar-refractivity contribution in [1.82, 2.24) is 34.1 Å². The number of nitrogens with two attached hydrogens (primary N) is 2. The maximum atomic E-state index is 12.9. The van der Waals surface area contributed by atoms with Crippen LogP contribution in [-0.2, 0) is 4.74 Å². The summed E-state index contributed by atoms with van der Waals surface area (Å²) in [5, 5.41) is 8.58. The molecule has 10 nitrogen and oxygen atoms in total. The van der Waals surface area contributed by atoms with Gasteiger partial charge < -0.3 is 16.2 Å². The molecule has 0 amide bonds. The number of halogens is 1. The first-order valence-electron chi connectivity index (χ1n) is 10.3. The fourth-order valence-corrected chi connectivity index (χ4v) is 3.95. The van der Waals surface area contributed by atoms with Gasteiger partial charge >= 0.3 is 0 Å². The van der Waals surface area contributed by atoms with Gasteiger partial charge in [0.25, 0.3) is 0 Å². The predicted octanol–water partition coefficient (Wildman–Crippen LogP) is 1.42. The van der Waals surface area contributed by atoms with Gasteiger partial charge in [-0.25, -0.2) is 18.4 Å². The van der Waals surface area contributed by atoms with Gasteiger partial charge in [0, 0.05) is 30.7 Å². The van der Waals surface area contributed by atoms with Crippen molar-refractivity contribution < 1.29 is 9.13 Å². The van der Waals surface area contributed by atoms with E-state index in [4.69, 9.17) is 16.2 Å². The highest BCUT2D eigenvalue weighted by atomic mass is 19.1. The molecule has 0 unspecified atom stereocenters. The number of nitrogens with zero attached hydrogens (tertiary/aromatic N) is 7. The number of hydrogen-bond donors (Lipinski definition) is 2. The Bertz CT molecular complexity index is 1200. The van der Waals surface area contributed by atoms with Crippen molar-refractivity contribution in [2.24, 2.45) is 0 Å². The van der Waals surface area contributed by atoms with Crippen LogP contribution in [0.2, 0.25) is 0 Å². The van der Waals surface area contributed by atoms with Crippen LogP contribution in [0.15, 0.2) is 36.8 Å². The Hall–Kier alpha value is -3.31. The summed E-state index contributed by atoms with van der Waals surface area (Å²) < 4.78 is 21.2. The Kier molecular flexibility index (Phi) is 5.12. The van der Waals surface area contributed by atoms with Gasteiger partial charge in [0.1, 0.15) is 11.7 Å². The molecule has 4 aromatic heterocycles. The van der Waals surface area contributed by atoms with E-state index in [9.17, 15) is 4.39 Å². The minimum absolute atomic E-state index is 0.134. The summed E-state index contributed by atoms with van der Waals surface area (Å²) in [6, 6.07) is 6.17. The number of alkyl halides is 1. The standard InChI is InChI=1S/C12H10N8.C8H14FNO/c13-11-10-7(3-5-20(10)18-12(14)16-11)8-1-2-9-15-4-6-19(9)17-8;9-7-2-1-3-10(4-7)8-5-11-6-8/h1-6H,(H4,13,14,16,18);7-8H,1-6H2/t;7-/m.1/s1. The van der Waals surface area contributed by atoms with E-state index in [-0.39, 0.29) is 5.95 Å². The number of fused-ring (bicyclic) bond motifs is 2. The molecule has 6 rings (SSSR count). The molecule has 1 atom stereocenters. The lowest BCUT2D eigenvalue weighted by molar-refractivity contribution is -0.0780. The average molecular weight is 425 g/mol. The number of likely N-dealkylation sites (tertiary alicyclic amines) is 1. The highest BCUT2D eigenvalue weighted by Crippen LogP contribution is 2.27. The summed E-state index contributed by atoms with van der Waals surface area (Å²) in [5.41, 5.74) is 14.6. The zero-order valence-corrected chi connectivity index (χ0v) is 16.9. The molecule has 2 fully saturated rings. The molecule has 6 heterocycles. The van der Waals surface area contributed by atoms with Crippen LogP contribution < -0.4 is 11.5 Å². The molecule has 162 valence electrons. The van der Waals surface area contributed by atoms with Crippen LogP contribution in [0.4, 0.5) is 16.2 Å². The second-order valence-corrected chi connectivity index (χ2v) is 7.75. The SMILES string of the molecule is F[C@@H]1CCCN(C2COC2)C1.Nc1nc(N)c2c(-c3ccc4nccn4n3)ccn2n1. The van der Waals surface area contributed by atoms with E-state index < -0.39 is 6.17 Å². The Morgan fingerprint density at radius 3 is 2.71 bits per heavy atom. The molecule has 0 saturated carbocycles. The van der Waals surface area contributed by atoms with Crippen molar-refractivity contribution in [2.75, 3.05) is 37.8 Å². The second-order valence-electron chi connectivity index (χ2n) is 7.75. The normalized spacial score (nSPS) is 19.8. The fraction of sp³-hybridized carbons (Fsp3) is 0.400. The highest BCUT2D eigenvalue weighted by molar-refractivity contribution is 5.86. The van der Waals surface area contributed by atoms with E-state index in [0.29, 0.717) is 23.9 Å². The van der Waals surface area contributed by atoms with E-state index in [2.05, 4.69) is 25.1 Å². The number of ether oxygens (including phenoxy) is 1. The van der Waals surface area contributed by atoms with Crippen LogP contribution in [-0.4, -0.2) is 72.6 Å². The summed E-state index contributed by atoms with van der Waals surface area (Å²) in [7, 11) is 0. The lowest BCUT2D eigenvalue weighted by Gasteiger charge is -2.40. The second kappa shape index (κ2) is 8.08. The van der Waals surface area contributed by atoms with Crippen LogP contribution in [0.3, 0.4) is 0 Å². The Labute approximate surface area is 177 Å². The molecule has 0 spiro atoms. The van der Waals surface area contributed by atoms with Crippen molar-refractivity contribution in [3.8, 4) is 11.3 Å². The fourth-order valence-electron chi connectivity index (χ4n) is 3.95. The number of hydrogen-bond acceptors (Lipinski definition) is 8. The maximum absolute atomic E-state index is 12.9. The minimum atomic E-state index is -0.593. The third-order valence-corrected chi connectivity index (χ3v) is 5.62. The van der Waals surface area contributed by atoms with Crippen LogP contribution in [0, 0.1) is 0 Å². The van der Waals surface area contributed by atoms with Gasteiger partial charge in [-0.15, -0.1) is 5.10 Å². The van der Waals surface area contributed by atoms with Crippen LogP contribution in [0.5, 0.6) is 0 Å². The molecule has 0 radical (unpaired) electrons. The van der Waals surface area contributed by atoms with Gasteiger partial charge in [0.15, 0.2) is 11.5 Å².